The number of nitrogens with zero attached hydrogens (tertiary/aromatic N) is 2. The van der Waals surface area contributed by atoms with Crippen LogP contribution < -0.4 is 21.3 Å². The molecule has 1 unspecified atom stereocenters. The maximum Gasteiger partial charge on any atom is 0.0726 e. The van der Waals surface area contributed by atoms with Crippen molar-refractivity contribution in [1.82, 2.24) is 4.98 Å². The molecule has 0 saturated carbocycles. The molecule has 2 aliphatic heterocycles. The zero-order valence-corrected chi connectivity index (χ0v) is 44.7. The molecule has 0 spiro atoms. The van der Waals surface area contributed by atoms with Gasteiger partial charge < -0.3 is 21.3 Å². The first-order valence-electron chi connectivity index (χ1n) is 25.6. The van der Waals surface area contributed by atoms with E-state index in [9.17, 15) is 0 Å². The van der Waals surface area contributed by atoms with E-state index in [4.69, 9.17) is 4.98 Å². The summed E-state index contributed by atoms with van der Waals surface area (Å²) in [5.74, 6) is 0. The Hall–Kier alpha value is -8.67. The number of rotatable bonds is 9. The molecule has 0 saturated heterocycles. The number of nitrogens with one attached hydrogen (secondary N) is 2. The number of aromatic nitrogens is 1. The number of fused-ring (bicyclic) bond motifs is 5. The van der Waals surface area contributed by atoms with Crippen molar-refractivity contribution in [2.75, 3.05) is 36.2 Å². The van der Waals surface area contributed by atoms with Gasteiger partial charge in [0.1, 0.15) is 0 Å². The Bertz CT molecular complexity index is 3360. The minimum Gasteiger partial charge on any atom is -0.405 e. The second kappa shape index (κ2) is 27.2. The molecule has 7 aromatic carbocycles. The topological polar surface area (TPSA) is 66.2 Å². The molecule has 3 heterocycles. The van der Waals surface area contributed by atoms with Gasteiger partial charge >= 0.3 is 0 Å². The van der Waals surface area contributed by atoms with E-state index >= 15 is 0 Å². The number of anilines is 3. The largest absolute Gasteiger partial charge is 0.405 e. The lowest BCUT2D eigenvalue weighted by Gasteiger charge is -2.33. The highest BCUT2D eigenvalue weighted by atomic mass is 15.1. The van der Waals surface area contributed by atoms with Crippen molar-refractivity contribution in [2.45, 2.75) is 47.6 Å². The molecule has 0 amide bonds. The molecule has 0 fully saturated rings. The van der Waals surface area contributed by atoms with E-state index in [1.165, 1.54) is 83.5 Å². The van der Waals surface area contributed by atoms with Crippen LogP contribution in [0.3, 0.4) is 0 Å². The van der Waals surface area contributed by atoms with Crippen LogP contribution in [0.25, 0.3) is 83.7 Å². The van der Waals surface area contributed by atoms with E-state index in [-0.39, 0.29) is 6.04 Å². The first kappa shape index (κ1) is 54.7. The first-order valence-corrected chi connectivity index (χ1v) is 25.6. The number of hydrogen-bond donors (Lipinski definition) is 3. The van der Waals surface area contributed by atoms with Gasteiger partial charge in [0.05, 0.1) is 28.6 Å². The zero-order valence-electron chi connectivity index (χ0n) is 44.7. The summed E-state index contributed by atoms with van der Waals surface area (Å²) in [5, 5.41) is 12.9. The minimum absolute atomic E-state index is 0.0677. The number of hydrogen-bond acceptors (Lipinski definition) is 5. The van der Waals surface area contributed by atoms with Gasteiger partial charge in [-0.15, -0.1) is 0 Å². The third-order valence-electron chi connectivity index (χ3n) is 12.9. The summed E-state index contributed by atoms with van der Waals surface area (Å²) in [6.45, 7) is 23.8. The number of likely N-dealkylation sites (N-methyl/N-ethyl adjacent to an activating group) is 1. The van der Waals surface area contributed by atoms with Crippen molar-refractivity contribution < 1.29 is 0 Å². The molecule has 74 heavy (non-hydrogen) atoms. The Morgan fingerprint density at radius 2 is 1.31 bits per heavy atom. The van der Waals surface area contributed by atoms with E-state index in [1.807, 2.05) is 72.0 Å². The monoisotopic (exact) mass is 972 g/mol. The average Bonchev–Trinajstić information content (AvgIpc) is 3.45. The van der Waals surface area contributed by atoms with E-state index in [2.05, 4.69) is 231 Å². The predicted octanol–water partition coefficient (Wildman–Crippen LogP) is 18.5. The number of nitrogens with two attached hydrogens (primary N) is 1. The van der Waals surface area contributed by atoms with E-state index < -0.39 is 0 Å². The van der Waals surface area contributed by atoms with Gasteiger partial charge in [0.25, 0.3) is 0 Å². The molecule has 1 atom stereocenters. The van der Waals surface area contributed by atoms with Crippen LogP contribution in [0, 0.1) is 0 Å². The van der Waals surface area contributed by atoms with Gasteiger partial charge in [0.15, 0.2) is 0 Å². The second-order valence-electron chi connectivity index (χ2n) is 17.4. The smallest absolute Gasteiger partial charge is 0.0726 e. The fraction of sp³-hybridized carbons (Fsp3) is 0.145. The highest BCUT2D eigenvalue weighted by Gasteiger charge is 2.22. The number of pyridine rings is 1. The maximum absolute atomic E-state index is 5.32. The quantitative estimate of drug-likeness (QED) is 0.0764. The highest BCUT2D eigenvalue weighted by molar-refractivity contribution is 6.21. The van der Waals surface area contributed by atoms with Crippen LogP contribution >= 0.6 is 0 Å². The van der Waals surface area contributed by atoms with E-state index in [0.717, 1.165) is 40.1 Å². The lowest BCUT2D eigenvalue weighted by Crippen LogP contribution is -2.33. The zero-order chi connectivity index (χ0) is 53.0. The summed E-state index contributed by atoms with van der Waals surface area (Å²) in [6, 6.07) is 50.6. The molecule has 5 nitrogen and oxygen atoms in total. The predicted molar refractivity (Wildman–Crippen MR) is 331 cm³/mol. The summed E-state index contributed by atoms with van der Waals surface area (Å²) in [4.78, 5) is 7.66. The molecule has 0 aliphatic carbocycles. The summed E-state index contributed by atoms with van der Waals surface area (Å²) in [7, 11) is 4.15. The lowest BCUT2D eigenvalue weighted by molar-refractivity contribution is 0.857. The van der Waals surface area contributed by atoms with Gasteiger partial charge in [-0.3, -0.25) is 0 Å². The molecular formula is C69H73N5. The van der Waals surface area contributed by atoms with Gasteiger partial charge in [0, 0.05) is 42.8 Å². The van der Waals surface area contributed by atoms with Gasteiger partial charge in [-0.1, -0.05) is 204 Å². The Balaban J connectivity index is 0.000000572. The van der Waals surface area contributed by atoms with Crippen molar-refractivity contribution >= 4 is 67.2 Å². The maximum atomic E-state index is 5.32. The number of allylic oxidation sites excluding steroid dienone is 8. The average molecular weight is 972 g/mol. The Morgan fingerprint density at radius 3 is 1.91 bits per heavy atom. The van der Waals surface area contributed by atoms with Crippen LogP contribution in [0.1, 0.15) is 58.2 Å². The Labute approximate surface area is 441 Å². The second-order valence-corrected chi connectivity index (χ2v) is 17.4. The fourth-order valence-electron chi connectivity index (χ4n) is 9.27. The normalized spacial score (nSPS) is 13.5. The first-order chi connectivity index (χ1) is 36.2. The molecule has 0 bridgehead atoms. The van der Waals surface area contributed by atoms with Gasteiger partial charge in [-0.05, 0) is 142 Å². The van der Waals surface area contributed by atoms with Crippen LogP contribution in [-0.4, -0.2) is 31.7 Å². The van der Waals surface area contributed by atoms with Crippen LogP contribution in [-0.2, 0) is 0 Å². The molecule has 4 N–H and O–H groups in total. The molecule has 5 heteroatoms. The van der Waals surface area contributed by atoms with Crippen molar-refractivity contribution in [1.29, 1.82) is 0 Å². The van der Waals surface area contributed by atoms with Crippen LogP contribution in [0.5, 0.6) is 0 Å². The summed E-state index contributed by atoms with van der Waals surface area (Å²) in [5.41, 5.74) is 22.0. The van der Waals surface area contributed by atoms with Crippen LogP contribution in [0.15, 0.2) is 232 Å². The molecule has 8 aromatic rings. The van der Waals surface area contributed by atoms with Crippen LogP contribution in [0.4, 0.5) is 17.1 Å². The van der Waals surface area contributed by atoms with Crippen molar-refractivity contribution in [3.8, 4) is 33.5 Å². The third kappa shape index (κ3) is 12.5. The van der Waals surface area contributed by atoms with E-state index in [0.29, 0.717) is 0 Å². The summed E-state index contributed by atoms with van der Waals surface area (Å²) < 4.78 is 0. The SMILES string of the molecule is C/C=C\C.C=C/C(=C\C=C(/C)c1cc2c(c(NC)c1)NCC=C2)C1C=Cc2cc(-c3ccc4nc(-c5c6ccccc6c(-c6ccccc6)c6ccccc56)ccc4c3)ccc2N1C.C=C/C=C\C.C=CN.CC. The van der Waals surface area contributed by atoms with Gasteiger partial charge in [-0.25, -0.2) is 4.98 Å². The Kier molecular flexibility index (Phi) is 20.1. The Morgan fingerprint density at radius 1 is 0.689 bits per heavy atom. The van der Waals surface area contributed by atoms with Gasteiger partial charge in [0.2, 0.25) is 0 Å². The molecule has 0 radical (unpaired) electrons. The molecule has 2 aliphatic rings. The minimum atomic E-state index is 0.0677. The summed E-state index contributed by atoms with van der Waals surface area (Å²) in [6.07, 6.45) is 26.1. The highest BCUT2D eigenvalue weighted by Crippen LogP contribution is 2.44. The number of benzene rings is 7. The standard InChI is InChI=1S/C56H46N4.C5H8.C4H8.C2H5N.C2H6/c1-5-37(22-21-36(2)44-34-43-16-13-31-58-56(43)51(35-44)57-3)52-30-26-42-33-40(25-29-53(42)60(52)4)39-23-27-49-41(32-39)24-28-50(59-49)55-47-19-11-9-17-45(47)54(38-14-7-6-8-15-38)46-18-10-12-20-48(46)55;1-3-5-4-2;1-3-4-2;1-2-3;1-2/h5-30,32-35,52,57-58H,1,31H2,2-4H3;3-5H,1H2,2H3;3-4H,1-2H3;2H,1,3H2;1-2H3/b36-21+,37-22+;5-4-;4-3-;;. The van der Waals surface area contributed by atoms with E-state index in [1.54, 1.807) is 6.08 Å². The third-order valence-corrected chi connectivity index (χ3v) is 12.9. The summed E-state index contributed by atoms with van der Waals surface area (Å²) >= 11 is 0. The van der Waals surface area contributed by atoms with Crippen LogP contribution in [0.2, 0.25) is 0 Å². The van der Waals surface area contributed by atoms with Crippen molar-refractivity contribution in [3.05, 3.63) is 248 Å². The molecule has 374 valence electrons. The lowest BCUT2D eigenvalue weighted by atomic mass is 9.87. The van der Waals surface area contributed by atoms with Gasteiger partial charge in [-0.2, -0.15) is 0 Å². The fourth-order valence-corrected chi connectivity index (χ4v) is 9.27. The van der Waals surface area contributed by atoms with Crippen molar-refractivity contribution in [3.63, 3.8) is 0 Å². The molecule has 1 aromatic heterocycles. The van der Waals surface area contributed by atoms with Crippen molar-refractivity contribution in [2.24, 2.45) is 5.73 Å². The molecular weight excluding hydrogens is 899 g/mol. The molecule has 10 rings (SSSR count).